The van der Waals surface area contributed by atoms with E-state index in [2.05, 4.69) is 0 Å². The lowest BCUT2D eigenvalue weighted by atomic mass is 10.1. The number of halogens is 2. The zero-order chi connectivity index (χ0) is 10.8. The summed E-state index contributed by atoms with van der Waals surface area (Å²) in [6.07, 6.45) is 0.747. The summed E-state index contributed by atoms with van der Waals surface area (Å²) in [6, 6.07) is 7.40. The van der Waals surface area contributed by atoms with Crippen molar-refractivity contribution in [3.05, 3.63) is 50.1 Å². The van der Waals surface area contributed by atoms with E-state index in [0.717, 1.165) is 12.0 Å². The van der Waals surface area contributed by atoms with Gasteiger partial charge in [0.15, 0.2) is 0 Å². The molecule has 0 saturated heterocycles. The molecular formula is C11H8Cl2OS. The average molecular weight is 259 g/mol. The molecule has 78 valence electrons. The third kappa shape index (κ3) is 2.28. The van der Waals surface area contributed by atoms with E-state index in [-0.39, 0.29) is 10.8 Å². The van der Waals surface area contributed by atoms with Gasteiger partial charge in [-0.1, -0.05) is 35.3 Å². The Morgan fingerprint density at radius 2 is 1.93 bits per heavy atom. The number of aromatic hydroxyl groups is 1. The highest BCUT2D eigenvalue weighted by molar-refractivity contribution is 7.09. The molecule has 4 heteroatoms. The highest BCUT2D eigenvalue weighted by atomic mass is 35.5. The molecule has 0 amide bonds. The fourth-order valence-electron chi connectivity index (χ4n) is 1.32. The largest absolute Gasteiger partial charge is 0.506 e. The van der Waals surface area contributed by atoms with Gasteiger partial charge in [-0.15, -0.1) is 11.3 Å². The molecule has 1 aromatic carbocycles. The summed E-state index contributed by atoms with van der Waals surface area (Å²) in [6.45, 7) is 0. The van der Waals surface area contributed by atoms with Crippen LogP contribution in [0.2, 0.25) is 10.0 Å². The van der Waals surface area contributed by atoms with Gasteiger partial charge in [0.1, 0.15) is 10.8 Å². The minimum absolute atomic E-state index is 0.0246. The molecule has 0 fully saturated rings. The lowest BCUT2D eigenvalue weighted by Gasteiger charge is -2.05. The number of phenolic OH excluding ortho intramolecular Hbond substituents is 1. The second-order valence-corrected chi connectivity index (χ2v) is 4.92. The monoisotopic (exact) mass is 258 g/mol. The quantitative estimate of drug-likeness (QED) is 0.849. The van der Waals surface area contributed by atoms with Crippen molar-refractivity contribution in [3.63, 3.8) is 0 Å². The van der Waals surface area contributed by atoms with Gasteiger partial charge < -0.3 is 5.11 Å². The molecule has 1 N–H and O–H groups in total. The Kier molecular flexibility index (Phi) is 3.19. The molecule has 0 aliphatic rings. The SMILES string of the molecule is Oc1ccc(Cc2cccs2)c(Cl)c1Cl. The molecule has 0 aliphatic carbocycles. The van der Waals surface area contributed by atoms with Crippen molar-refractivity contribution < 1.29 is 5.11 Å². The van der Waals surface area contributed by atoms with Crippen LogP contribution < -0.4 is 0 Å². The molecule has 1 heterocycles. The Bertz CT molecular complexity index is 466. The number of thiophene rings is 1. The van der Waals surface area contributed by atoms with Crippen LogP contribution in [0.1, 0.15) is 10.4 Å². The van der Waals surface area contributed by atoms with Crippen LogP contribution in [0.5, 0.6) is 5.75 Å². The molecule has 0 saturated carbocycles. The van der Waals surface area contributed by atoms with E-state index in [1.165, 1.54) is 4.88 Å². The van der Waals surface area contributed by atoms with Crippen molar-refractivity contribution in [1.29, 1.82) is 0 Å². The number of hydrogen-bond donors (Lipinski definition) is 1. The minimum atomic E-state index is 0.0246. The topological polar surface area (TPSA) is 20.2 Å². The molecule has 0 aliphatic heterocycles. The molecule has 0 spiro atoms. The van der Waals surface area contributed by atoms with Crippen LogP contribution in [-0.4, -0.2) is 5.11 Å². The summed E-state index contributed by atoms with van der Waals surface area (Å²) in [5.74, 6) is 0.0246. The first-order valence-corrected chi connectivity index (χ1v) is 6.00. The second kappa shape index (κ2) is 4.44. The molecule has 2 rings (SSSR count). The maximum absolute atomic E-state index is 9.34. The average Bonchev–Trinajstić information content (AvgIpc) is 2.72. The van der Waals surface area contributed by atoms with E-state index in [1.54, 1.807) is 23.5 Å². The van der Waals surface area contributed by atoms with Crippen LogP contribution in [0.25, 0.3) is 0 Å². The number of rotatable bonds is 2. The standard InChI is InChI=1S/C11H8Cl2OS/c12-10-7(3-4-9(14)11(10)13)6-8-2-1-5-15-8/h1-5,14H,6H2. The van der Waals surface area contributed by atoms with Gasteiger partial charge in [0.25, 0.3) is 0 Å². The summed E-state index contributed by atoms with van der Waals surface area (Å²) < 4.78 is 0. The van der Waals surface area contributed by atoms with Gasteiger partial charge in [-0.25, -0.2) is 0 Å². The van der Waals surface area contributed by atoms with Crippen LogP contribution in [-0.2, 0) is 6.42 Å². The van der Waals surface area contributed by atoms with E-state index in [9.17, 15) is 5.11 Å². The number of phenols is 1. The lowest BCUT2D eigenvalue weighted by Crippen LogP contribution is -1.87. The van der Waals surface area contributed by atoms with E-state index < -0.39 is 0 Å². The van der Waals surface area contributed by atoms with Crippen molar-refractivity contribution in [2.75, 3.05) is 0 Å². The normalized spacial score (nSPS) is 10.5. The molecule has 0 bridgehead atoms. The van der Waals surface area contributed by atoms with Crippen molar-refractivity contribution >= 4 is 34.5 Å². The Balaban J connectivity index is 2.34. The second-order valence-electron chi connectivity index (χ2n) is 3.13. The van der Waals surface area contributed by atoms with Gasteiger partial charge in [0.05, 0.1) is 5.02 Å². The third-order valence-electron chi connectivity index (χ3n) is 2.09. The van der Waals surface area contributed by atoms with Gasteiger partial charge >= 0.3 is 0 Å². The van der Waals surface area contributed by atoms with E-state index in [1.807, 2.05) is 17.5 Å². The predicted octanol–water partition coefficient (Wildman–Crippen LogP) is 4.35. The first kappa shape index (κ1) is 10.8. The van der Waals surface area contributed by atoms with Gasteiger partial charge in [-0.05, 0) is 23.1 Å². The fraction of sp³-hybridized carbons (Fsp3) is 0.0909. The Hall–Kier alpha value is -0.700. The van der Waals surface area contributed by atoms with E-state index in [0.29, 0.717) is 5.02 Å². The van der Waals surface area contributed by atoms with Crippen molar-refractivity contribution in [1.82, 2.24) is 0 Å². The number of hydrogen-bond acceptors (Lipinski definition) is 2. The summed E-state index contributed by atoms with van der Waals surface area (Å²) in [4.78, 5) is 1.22. The Labute approximate surface area is 102 Å². The van der Waals surface area contributed by atoms with Gasteiger partial charge in [-0.2, -0.15) is 0 Å². The number of benzene rings is 1. The van der Waals surface area contributed by atoms with Crippen LogP contribution >= 0.6 is 34.5 Å². The summed E-state index contributed by atoms with van der Waals surface area (Å²) in [5.41, 5.74) is 0.932. The van der Waals surface area contributed by atoms with E-state index in [4.69, 9.17) is 23.2 Å². The van der Waals surface area contributed by atoms with Crippen LogP contribution in [0.3, 0.4) is 0 Å². The third-order valence-corrected chi connectivity index (χ3v) is 3.87. The van der Waals surface area contributed by atoms with Crippen molar-refractivity contribution in [2.45, 2.75) is 6.42 Å². The zero-order valence-corrected chi connectivity index (χ0v) is 10.0. The van der Waals surface area contributed by atoms with Crippen LogP contribution in [0.15, 0.2) is 29.6 Å². The summed E-state index contributed by atoms with van der Waals surface area (Å²) in [7, 11) is 0. The first-order valence-electron chi connectivity index (χ1n) is 4.36. The van der Waals surface area contributed by atoms with Crippen molar-refractivity contribution in [2.24, 2.45) is 0 Å². The minimum Gasteiger partial charge on any atom is -0.506 e. The van der Waals surface area contributed by atoms with Crippen LogP contribution in [0, 0.1) is 0 Å². The molecule has 1 nitrogen and oxygen atoms in total. The molecular weight excluding hydrogens is 251 g/mol. The molecule has 0 atom stereocenters. The molecule has 0 radical (unpaired) electrons. The molecule has 1 aromatic heterocycles. The predicted molar refractivity (Wildman–Crippen MR) is 65.3 cm³/mol. The molecule has 2 aromatic rings. The maximum atomic E-state index is 9.34. The van der Waals surface area contributed by atoms with Gasteiger partial charge in [0, 0.05) is 11.3 Å². The van der Waals surface area contributed by atoms with Gasteiger partial charge in [0.2, 0.25) is 0 Å². The first-order chi connectivity index (χ1) is 7.18. The fourth-order valence-corrected chi connectivity index (χ4v) is 2.46. The lowest BCUT2D eigenvalue weighted by molar-refractivity contribution is 0.475. The molecule has 15 heavy (non-hydrogen) atoms. The molecule has 0 unspecified atom stereocenters. The van der Waals surface area contributed by atoms with Gasteiger partial charge in [-0.3, -0.25) is 0 Å². The van der Waals surface area contributed by atoms with Crippen molar-refractivity contribution in [3.8, 4) is 5.75 Å². The maximum Gasteiger partial charge on any atom is 0.135 e. The Morgan fingerprint density at radius 3 is 2.60 bits per heavy atom. The zero-order valence-electron chi connectivity index (χ0n) is 7.71. The van der Waals surface area contributed by atoms with Crippen LogP contribution in [0.4, 0.5) is 0 Å². The highest BCUT2D eigenvalue weighted by Gasteiger charge is 2.09. The smallest absolute Gasteiger partial charge is 0.135 e. The summed E-state index contributed by atoms with van der Waals surface area (Å²) in [5, 5.41) is 12.0. The van der Waals surface area contributed by atoms with E-state index >= 15 is 0 Å². The highest BCUT2D eigenvalue weighted by Crippen LogP contribution is 2.35. The summed E-state index contributed by atoms with van der Waals surface area (Å²) >= 11 is 13.5. The Morgan fingerprint density at radius 1 is 1.13 bits per heavy atom.